The van der Waals surface area contributed by atoms with Gasteiger partial charge in [-0.2, -0.15) is 0 Å². The number of rotatable bonds is 4. The maximum atomic E-state index is 13.4. The van der Waals surface area contributed by atoms with Crippen molar-refractivity contribution in [1.82, 2.24) is 5.32 Å². The van der Waals surface area contributed by atoms with Crippen molar-refractivity contribution in [1.29, 1.82) is 0 Å². The van der Waals surface area contributed by atoms with Gasteiger partial charge in [0.25, 0.3) is 0 Å². The molecule has 27 heavy (non-hydrogen) atoms. The minimum atomic E-state index is -0.272. The smallest absolute Gasteiger partial charge is 0.223 e. The van der Waals surface area contributed by atoms with E-state index in [0.717, 1.165) is 36.8 Å². The molecule has 2 aromatic carbocycles. The van der Waals surface area contributed by atoms with Gasteiger partial charge in [-0.1, -0.05) is 48.9 Å². The van der Waals surface area contributed by atoms with Crippen molar-refractivity contribution >= 4 is 5.91 Å². The van der Waals surface area contributed by atoms with Crippen molar-refractivity contribution in [2.75, 3.05) is 0 Å². The van der Waals surface area contributed by atoms with Gasteiger partial charge in [0.1, 0.15) is 5.82 Å². The van der Waals surface area contributed by atoms with Crippen LogP contribution in [0.3, 0.4) is 0 Å². The SMILES string of the molecule is NC1C2CCCC1CC(C(=O)NC(c1ccccc1)c1ccc(F)cc1)C2. The van der Waals surface area contributed by atoms with E-state index in [1.165, 1.54) is 18.6 Å². The van der Waals surface area contributed by atoms with Gasteiger partial charge in [0, 0.05) is 12.0 Å². The highest BCUT2D eigenvalue weighted by Crippen LogP contribution is 2.42. The van der Waals surface area contributed by atoms with Crippen molar-refractivity contribution in [3.8, 4) is 0 Å². The molecule has 2 aromatic rings. The quantitative estimate of drug-likeness (QED) is 0.853. The van der Waals surface area contributed by atoms with Crippen LogP contribution in [-0.2, 0) is 4.79 Å². The summed E-state index contributed by atoms with van der Waals surface area (Å²) in [5.74, 6) is 0.776. The summed E-state index contributed by atoms with van der Waals surface area (Å²) >= 11 is 0. The van der Waals surface area contributed by atoms with Gasteiger partial charge in [0.15, 0.2) is 0 Å². The number of carbonyl (C=O) groups is 1. The third kappa shape index (κ3) is 3.91. The summed E-state index contributed by atoms with van der Waals surface area (Å²) < 4.78 is 13.4. The van der Waals surface area contributed by atoms with Gasteiger partial charge in [-0.05, 0) is 60.8 Å². The van der Waals surface area contributed by atoms with Crippen LogP contribution >= 0.6 is 0 Å². The van der Waals surface area contributed by atoms with Crippen LogP contribution in [0.5, 0.6) is 0 Å². The summed E-state index contributed by atoms with van der Waals surface area (Å²) in [5.41, 5.74) is 8.27. The molecule has 1 amide bonds. The Morgan fingerprint density at radius 1 is 0.963 bits per heavy atom. The number of hydrogen-bond acceptors (Lipinski definition) is 2. The lowest BCUT2D eigenvalue weighted by atomic mass is 9.65. The zero-order valence-corrected chi connectivity index (χ0v) is 15.5. The number of nitrogens with two attached hydrogens (primary N) is 1. The van der Waals surface area contributed by atoms with E-state index in [1.54, 1.807) is 12.1 Å². The molecule has 2 aliphatic carbocycles. The predicted octanol–water partition coefficient (Wildman–Crippen LogP) is 4.18. The van der Waals surface area contributed by atoms with Gasteiger partial charge in [0.05, 0.1) is 6.04 Å². The van der Waals surface area contributed by atoms with E-state index in [9.17, 15) is 9.18 Å². The molecule has 2 saturated carbocycles. The molecule has 4 heteroatoms. The van der Waals surface area contributed by atoms with Crippen LogP contribution in [0.2, 0.25) is 0 Å². The molecule has 0 aliphatic heterocycles. The van der Waals surface area contributed by atoms with Gasteiger partial charge in [-0.3, -0.25) is 4.79 Å². The van der Waals surface area contributed by atoms with Crippen LogP contribution in [0.15, 0.2) is 54.6 Å². The van der Waals surface area contributed by atoms with E-state index in [4.69, 9.17) is 5.73 Å². The molecule has 3 unspecified atom stereocenters. The highest BCUT2D eigenvalue weighted by molar-refractivity contribution is 5.79. The maximum Gasteiger partial charge on any atom is 0.223 e. The van der Waals surface area contributed by atoms with Crippen molar-refractivity contribution in [3.63, 3.8) is 0 Å². The highest BCUT2D eigenvalue weighted by Gasteiger charge is 2.40. The van der Waals surface area contributed by atoms with Crippen molar-refractivity contribution < 1.29 is 9.18 Å². The number of halogens is 1. The van der Waals surface area contributed by atoms with Gasteiger partial charge in [0.2, 0.25) is 5.91 Å². The average Bonchev–Trinajstić information content (AvgIpc) is 2.67. The molecule has 2 fully saturated rings. The Morgan fingerprint density at radius 2 is 1.56 bits per heavy atom. The van der Waals surface area contributed by atoms with Crippen LogP contribution in [0.1, 0.15) is 49.3 Å². The van der Waals surface area contributed by atoms with Gasteiger partial charge in [-0.25, -0.2) is 4.39 Å². The van der Waals surface area contributed by atoms with Crippen LogP contribution < -0.4 is 11.1 Å². The standard InChI is InChI=1S/C23H27FN2O/c24-20-11-9-16(10-12-20)22(15-5-2-1-3-6-15)26-23(27)19-13-17-7-4-8-18(14-19)21(17)25/h1-3,5-6,9-12,17-19,21-22H,4,7-8,13-14,25H2,(H,26,27). The lowest BCUT2D eigenvalue weighted by Gasteiger charge is -2.43. The van der Waals surface area contributed by atoms with E-state index < -0.39 is 0 Å². The second-order valence-electron chi connectivity index (χ2n) is 8.10. The molecule has 0 spiro atoms. The molecule has 2 bridgehead atoms. The molecule has 0 aromatic heterocycles. The third-order valence-corrected chi connectivity index (χ3v) is 6.41. The fourth-order valence-electron chi connectivity index (χ4n) is 4.92. The van der Waals surface area contributed by atoms with Gasteiger partial charge >= 0.3 is 0 Å². The molecule has 0 saturated heterocycles. The fourth-order valence-corrected chi connectivity index (χ4v) is 4.92. The normalized spacial score (nSPS) is 28.4. The second-order valence-corrected chi connectivity index (χ2v) is 8.10. The molecule has 2 aliphatic rings. The van der Waals surface area contributed by atoms with E-state index in [0.29, 0.717) is 11.8 Å². The van der Waals surface area contributed by atoms with Crippen LogP contribution in [0.25, 0.3) is 0 Å². The summed E-state index contributed by atoms with van der Waals surface area (Å²) in [6.07, 6.45) is 5.28. The van der Waals surface area contributed by atoms with E-state index in [1.807, 2.05) is 30.3 Å². The lowest BCUT2D eigenvalue weighted by molar-refractivity contribution is -0.128. The molecule has 3 atom stereocenters. The number of hydrogen-bond donors (Lipinski definition) is 2. The molecular weight excluding hydrogens is 339 g/mol. The zero-order chi connectivity index (χ0) is 18.8. The molecule has 4 rings (SSSR count). The van der Waals surface area contributed by atoms with Crippen LogP contribution in [0, 0.1) is 23.6 Å². The Hall–Kier alpha value is -2.20. The Morgan fingerprint density at radius 3 is 2.19 bits per heavy atom. The highest BCUT2D eigenvalue weighted by atomic mass is 19.1. The van der Waals surface area contributed by atoms with Crippen molar-refractivity contribution in [2.24, 2.45) is 23.5 Å². The molecular formula is C23H27FN2O. The topological polar surface area (TPSA) is 55.1 Å². The van der Waals surface area contributed by atoms with Gasteiger partial charge < -0.3 is 11.1 Å². The minimum absolute atomic E-state index is 0.0201. The molecule has 142 valence electrons. The fraction of sp³-hybridized carbons (Fsp3) is 0.435. The summed E-state index contributed by atoms with van der Waals surface area (Å²) in [5, 5.41) is 3.24. The number of fused-ring (bicyclic) bond motifs is 2. The Bertz CT molecular complexity index is 763. The Balaban J connectivity index is 1.54. The van der Waals surface area contributed by atoms with Crippen molar-refractivity contribution in [2.45, 2.75) is 44.2 Å². The zero-order valence-electron chi connectivity index (χ0n) is 15.5. The predicted molar refractivity (Wildman–Crippen MR) is 104 cm³/mol. The largest absolute Gasteiger partial charge is 0.345 e. The first kappa shape index (κ1) is 18.2. The summed E-state index contributed by atoms with van der Waals surface area (Å²) in [6, 6.07) is 16.3. The third-order valence-electron chi connectivity index (χ3n) is 6.41. The number of carbonyl (C=O) groups excluding carboxylic acids is 1. The van der Waals surface area contributed by atoms with Gasteiger partial charge in [-0.15, -0.1) is 0 Å². The summed E-state index contributed by atoms with van der Waals surface area (Å²) in [6.45, 7) is 0. The first-order valence-corrected chi connectivity index (χ1v) is 9.98. The first-order chi connectivity index (χ1) is 13.1. The maximum absolute atomic E-state index is 13.4. The lowest BCUT2D eigenvalue weighted by Crippen LogP contribution is -2.49. The van der Waals surface area contributed by atoms with E-state index in [-0.39, 0.29) is 29.7 Å². The summed E-state index contributed by atoms with van der Waals surface area (Å²) in [7, 11) is 0. The van der Waals surface area contributed by atoms with Crippen LogP contribution in [-0.4, -0.2) is 11.9 Å². The van der Waals surface area contributed by atoms with Crippen molar-refractivity contribution in [3.05, 3.63) is 71.5 Å². The summed E-state index contributed by atoms with van der Waals surface area (Å²) in [4.78, 5) is 13.1. The molecule has 0 radical (unpaired) electrons. The van der Waals surface area contributed by atoms with Crippen LogP contribution in [0.4, 0.5) is 4.39 Å². The number of amides is 1. The Labute approximate surface area is 160 Å². The molecule has 3 N–H and O–H groups in total. The number of benzene rings is 2. The second kappa shape index (κ2) is 7.81. The number of nitrogens with one attached hydrogen (secondary N) is 1. The van der Waals surface area contributed by atoms with E-state index >= 15 is 0 Å². The molecule has 3 nitrogen and oxygen atoms in total. The average molecular weight is 366 g/mol. The van der Waals surface area contributed by atoms with E-state index in [2.05, 4.69) is 5.32 Å². The Kier molecular flexibility index (Phi) is 5.26. The minimum Gasteiger partial charge on any atom is -0.345 e. The molecule has 0 heterocycles. The monoisotopic (exact) mass is 366 g/mol. The first-order valence-electron chi connectivity index (χ1n) is 9.98.